The van der Waals surface area contributed by atoms with Crippen LogP contribution in [0.5, 0.6) is 0 Å². The third-order valence-electron chi connectivity index (χ3n) is 3.65. The number of unbranched alkanes of at least 4 members (excludes halogenated alkanes) is 11. The third kappa shape index (κ3) is 22.0. The number of carbonyl (C=O) groups is 1. The molecule has 0 unspecified atom stereocenters. The van der Waals surface area contributed by atoms with E-state index in [2.05, 4.69) is 19.1 Å². The van der Waals surface area contributed by atoms with Crippen molar-refractivity contribution in [2.45, 2.75) is 96.8 Å². The number of hydrogen-bond acceptors (Lipinski definition) is 1. The van der Waals surface area contributed by atoms with E-state index in [4.69, 9.17) is 5.11 Å². The molecular formula is C18H34O2S. The summed E-state index contributed by atoms with van der Waals surface area (Å²) < 4.78 is 0. The van der Waals surface area contributed by atoms with Crippen LogP contribution in [0.25, 0.3) is 0 Å². The van der Waals surface area contributed by atoms with Crippen LogP contribution in [0.1, 0.15) is 96.8 Å². The van der Waals surface area contributed by atoms with E-state index in [9.17, 15) is 4.79 Å². The highest BCUT2D eigenvalue weighted by molar-refractivity contribution is 7.59. The minimum atomic E-state index is -0.664. The first kappa shape index (κ1) is 22.8. The highest BCUT2D eigenvalue weighted by Crippen LogP contribution is 2.09. The third-order valence-corrected chi connectivity index (χ3v) is 3.65. The summed E-state index contributed by atoms with van der Waals surface area (Å²) in [5.41, 5.74) is 0. The zero-order valence-electron chi connectivity index (χ0n) is 13.8. The van der Waals surface area contributed by atoms with Gasteiger partial charge >= 0.3 is 5.97 Å². The van der Waals surface area contributed by atoms with Crippen molar-refractivity contribution in [1.29, 1.82) is 0 Å². The topological polar surface area (TPSA) is 37.3 Å². The molecule has 21 heavy (non-hydrogen) atoms. The summed E-state index contributed by atoms with van der Waals surface area (Å²) >= 11 is 0. The first-order valence-corrected chi connectivity index (χ1v) is 8.64. The summed E-state index contributed by atoms with van der Waals surface area (Å²) in [6, 6.07) is 0. The van der Waals surface area contributed by atoms with E-state index in [-0.39, 0.29) is 13.5 Å². The molecule has 0 bridgehead atoms. The van der Waals surface area contributed by atoms with E-state index in [0.29, 0.717) is 6.42 Å². The lowest BCUT2D eigenvalue weighted by atomic mass is 10.1. The van der Waals surface area contributed by atoms with Crippen molar-refractivity contribution in [3.63, 3.8) is 0 Å². The molecule has 0 saturated heterocycles. The molecule has 0 atom stereocenters. The standard InChI is InChI=1S/C18H34O2.S/c1-2-3-4-5-6-7-8-9-10-11-12-13-14-15-16-17-18(19)20;/h9-10H,2-8,11-17H2,1H3,(H,19,20);. The lowest BCUT2D eigenvalue weighted by molar-refractivity contribution is -0.137. The van der Waals surface area contributed by atoms with Crippen LogP contribution in [0, 0.1) is 0 Å². The zero-order chi connectivity index (χ0) is 14.9. The van der Waals surface area contributed by atoms with Gasteiger partial charge in [0.15, 0.2) is 0 Å². The molecule has 0 spiro atoms. The number of carboxylic acid groups (broad SMARTS) is 1. The lowest BCUT2D eigenvalue weighted by Gasteiger charge is -1.99. The molecular weight excluding hydrogens is 280 g/mol. The molecule has 3 heteroatoms. The number of carboxylic acids is 1. The summed E-state index contributed by atoms with van der Waals surface area (Å²) in [6.45, 7) is 2.26. The second kappa shape index (κ2) is 19.6. The Labute approximate surface area is 138 Å². The maximum atomic E-state index is 10.3. The van der Waals surface area contributed by atoms with Crippen LogP contribution in [0.4, 0.5) is 0 Å². The van der Waals surface area contributed by atoms with Gasteiger partial charge in [-0.25, -0.2) is 0 Å². The Morgan fingerprint density at radius 2 is 1.19 bits per heavy atom. The molecule has 0 amide bonds. The van der Waals surface area contributed by atoms with Crippen molar-refractivity contribution in [3.05, 3.63) is 12.2 Å². The number of aliphatic carboxylic acids is 1. The second-order valence-electron chi connectivity index (χ2n) is 5.73. The van der Waals surface area contributed by atoms with E-state index in [0.717, 1.165) is 12.8 Å². The summed E-state index contributed by atoms with van der Waals surface area (Å²) in [6.07, 6.45) is 21.2. The average molecular weight is 315 g/mol. The first-order valence-electron chi connectivity index (χ1n) is 8.64. The molecule has 0 saturated carbocycles. The largest absolute Gasteiger partial charge is 0.481 e. The average Bonchev–Trinajstić information content (AvgIpc) is 2.43. The normalized spacial score (nSPS) is 10.7. The van der Waals surface area contributed by atoms with Gasteiger partial charge in [-0.05, 0) is 32.1 Å². The molecule has 0 rings (SSSR count). The van der Waals surface area contributed by atoms with E-state index < -0.39 is 5.97 Å². The molecule has 0 fully saturated rings. The molecule has 1 N–H and O–H groups in total. The molecule has 0 aromatic rings. The van der Waals surface area contributed by atoms with Gasteiger partial charge in [-0.2, -0.15) is 0 Å². The van der Waals surface area contributed by atoms with Gasteiger partial charge in [0, 0.05) is 19.9 Å². The van der Waals surface area contributed by atoms with Crippen molar-refractivity contribution in [2.75, 3.05) is 0 Å². The van der Waals surface area contributed by atoms with E-state index in [1.54, 1.807) is 0 Å². The Morgan fingerprint density at radius 1 is 0.762 bits per heavy atom. The van der Waals surface area contributed by atoms with Crippen LogP contribution >= 0.6 is 13.5 Å². The van der Waals surface area contributed by atoms with Crippen LogP contribution in [-0.4, -0.2) is 11.1 Å². The smallest absolute Gasteiger partial charge is 0.303 e. The fourth-order valence-electron chi connectivity index (χ4n) is 2.35. The quantitative estimate of drug-likeness (QED) is 0.268. The summed E-state index contributed by atoms with van der Waals surface area (Å²) in [4.78, 5) is 10.3. The molecule has 124 valence electrons. The van der Waals surface area contributed by atoms with E-state index >= 15 is 0 Å². The number of hydrogen-bond donors (Lipinski definition) is 1. The van der Waals surface area contributed by atoms with Crippen LogP contribution in [0.15, 0.2) is 12.2 Å². The Kier molecular flexibility index (Phi) is 21.3. The van der Waals surface area contributed by atoms with Crippen LogP contribution in [0.3, 0.4) is 0 Å². The lowest BCUT2D eigenvalue weighted by Crippen LogP contribution is -1.93. The predicted molar refractivity (Wildman–Crippen MR) is 94.7 cm³/mol. The monoisotopic (exact) mass is 314 g/mol. The van der Waals surface area contributed by atoms with E-state index in [1.807, 2.05) is 0 Å². The fraction of sp³-hybridized carbons (Fsp3) is 0.833. The Bertz CT molecular complexity index is 239. The fourth-order valence-corrected chi connectivity index (χ4v) is 2.35. The van der Waals surface area contributed by atoms with Crippen LogP contribution in [0.2, 0.25) is 0 Å². The molecule has 0 aliphatic heterocycles. The van der Waals surface area contributed by atoms with Gasteiger partial charge < -0.3 is 5.11 Å². The van der Waals surface area contributed by atoms with Crippen molar-refractivity contribution in [1.82, 2.24) is 0 Å². The van der Waals surface area contributed by atoms with Gasteiger partial charge in [-0.1, -0.05) is 70.4 Å². The Balaban J connectivity index is 0. The van der Waals surface area contributed by atoms with Crippen molar-refractivity contribution < 1.29 is 9.90 Å². The predicted octanol–water partition coefficient (Wildman–Crippen LogP) is 6.76. The van der Waals surface area contributed by atoms with Crippen LogP contribution in [-0.2, 0) is 4.79 Å². The Morgan fingerprint density at radius 3 is 1.67 bits per heavy atom. The second-order valence-corrected chi connectivity index (χ2v) is 5.73. The van der Waals surface area contributed by atoms with Gasteiger partial charge in [0.1, 0.15) is 0 Å². The molecule has 0 aliphatic carbocycles. The first-order chi connectivity index (χ1) is 9.77. The summed E-state index contributed by atoms with van der Waals surface area (Å²) in [5.74, 6) is -0.664. The van der Waals surface area contributed by atoms with Crippen LogP contribution < -0.4 is 0 Å². The molecule has 0 aromatic heterocycles. The number of rotatable bonds is 15. The SMILES string of the molecule is CCCCCCCCC=CCCCCCCCC(=O)O.[S]. The molecule has 0 heterocycles. The zero-order valence-corrected chi connectivity index (χ0v) is 14.6. The van der Waals surface area contributed by atoms with Crippen molar-refractivity contribution in [3.8, 4) is 0 Å². The van der Waals surface area contributed by atoms with Gasteiger partial charge in [-0.3, -0.25) is 4.79 Å². The maximum Gasteiger partial charge on any atom is 0.303 e. The molecule has 0 aliphatic rings. The van der Waals surface area contributed by atoms with Gasteiger partial charge in [-0.15, -0.1) is 0 Å². The molecule has 0 aromatic carbocycles. The minimum absolute atomic E-state index is 0. The van der Waals surface area contributed by atoms with Crippen molar-refractivity contribution >= 4 is 19.5 Å². The maximum absolute atomic E-state index is 10.3. The highest BCUT2D eigenvalue weighted by Gasteiger charge is 1.95. The summed E-state index contributed by atoms with van der Waals surface area (Å²) in [7, 11) is 0. The van der Waals surface area contributed by atoms with Gasteiger partial charge in [0.05, 0.1) is 0 Å². The number of allylic oxidation sites excluding steroid dienone is 2. The van der Waals surface area contributed by atoms with Crippen molar-refractivity contribution in [2.24, 2.45) is 0 Å². The summed E-state index contributed by atoms with van der Waals surface area (Å²) in [5, 5.41) is 8.51. The molecule has 2 nitrogen and oxygen atoms in total. The minimum Gasteiger partial charge on any atom is -0.481 e. The molecule has 2 radical (unpaired) electrons. The highest BCUT2D eigenvalue weighted by atomic mass is 32.1. The van der Waals surface area contributed by atoms with Gasteiger partial charge in [0.2, 0.25) is 0 Å². The van der Waals surface area contributed by atoms with Gasteiger partial charge in [0.25, 0.3) is 0 Å². The Hall–Kier alpha value is -0.440. The van der Waals surface area contributed by atoms with E-state index in [1.165, 1.54) is 70.6 Å².